The van der Waals surface area contributed by atoms with Crippen LogP contribution in [-0.2, 0) is 0 Å². The fraction of sp³-hybridized carbons (Fsp3) is 0.571. The monoisotopic (exact) mass is 250 g/mol. The van der Waals surface area contributed by atoms with E-state index in [1.807, 2.05) is 6.92 Å². The van der Waals surface area contributed by atoms with Crippen LogP contribution in [0.4, 0.5) is 0 Å². The first-order valence-corrected chi connectivity index (χ1v) is 6.32. The quantitative estimate of drug-likeness (QED) is 0.789. The molecule has 2 N–H and O–H groups in total. The Morgan fingerprint density at radius 1 is 1.28 bits per heavy atom. The number of aromatic nitrogens is 1. The van der Waals surface area contributed by atoms with Crippen LogP contribution in [0.3, 0.4) is 0 Å². The van der Waals surface area contributed by atoms with Crippen LogP contribution < -0.4 is 5.32 Å². The topological polar surface area (TPSA) is 62.0 Å². The maximum Gasteiger partial charge on any atom is 0.268 e. The number of carbonyl (C=O) groups excluding carboxylic acids is 2. The minimum atomic E-state index is -0.135. The van der Waals surface area contributed by atoms with E-state index in [4.69, 9.17) is 0 Å². The van der Waals surface area contributed by atoms with Gasteiger partial charge in [0.2, 0.25) is 0 Å². The van der Waals surface area contributed by atoms with Crippen molar-refractivity contribution in [2.75, 3.05) is 6.54 Å². The molecule has 0 aliphatic carbocycles. The second-order valence-electron chi connectivity index (χ2n) is 5.12. The molecule has 1 rings (SSSR count). The van der Waals surface area contributed by atoms with Gasteiger partial charge in [-0.1, -0.05) is 13.8 Å². The van der Waals surface area contributed by atoms with Crippen molar-refractivity contribution in [2.24, 2.45) is 5.92 Å². The van der Waals surface area contributed by atoms with Crippen molar-refractivity contribution in [3.05, 3.63) is 22.5 Å². The minimum absolute atomic E-state index is 0.0116. The fourth-order valence-electron chi connectivity index (χ4n) is 2.07. The summed E-state index contributed by atoms with van der Waals surface area (Å²) >= 11 is 0. The summed E-state index contributed by atoms with van der Waals surface area (Å²) in [4.78, 5) is 26.5. The lowest BCUT2D eigenvalue weighted by molar-refractivity contribution is 0.0946. The predicted molar refractivity (Wildman–Crippen MR) is 72.1 cm³/mol. The zero-order valence-corrected chi connectivity index (χ0v) is 11.8. The number of ketones is 1. The highest BCUT2D eigenvalue weighted by molar-refractivity contribution is 6.02. The van der Waals surface area contributed by atoms with Crippen molar-refractivity contribution in [1.29, 1.82) is 0 Å². The molecule has 0 atom stereocenters. The highest BCUT2D eigenvalue weighted by atomic mass is 16.2. The molecule has 0 aliphatic rings. The van der Waals surface area contributed by atoms with Crippen LogP contribution in [0.1, 0.15) is 59.3 Å². The molecule has 0 saturated carbocycles. The van der Waals surface area contributed by atoms with Gasteiger partial charge in [0.05, 0.1) is 0 Å². The summed E-state index contributed by atoms with van der Waals surface area (Å²) in [6.45, 7) is 10.0. The normalized spacial score (nSPS) is 10.8. The van der Waals surface area contributed by atoms with Gasteiger partial charge in [0.15, 0.2) is 5.78 Å². The molecule has 1 aromatic heterocycles. The van der Waals surface area contributed by atoms with Crippen molar-refractivity contribution >= 4 is 11.7 Å². The van der Waals surface area contributed by atoms with Crippen molar-refractivity contribution in [3.8, 4) is 0 Å². The zero-order valence-electron chi connectivity index (χ0n) is 11.8. The first-order chi connectivity index (χ1) is 8.34. The van der Waals surface area contributed by atoms with Gasteiger partial charge in [-0.25, -0.2) is 0 Å². The van der Waals surface area contributed by atoms with E-state index >= 15 is 0 Å². The number of aryl methyl sites for hydroxylation is 1. The number of nitrogens with one attached hydrogen (secondary N) is 2. The van der Waals surface area contributed by atoms with Gasteiger partial charge in [-0.05, 0) is 38.7 Å². The number of hydrogen-bond acceptors (Lipinski definition) is 2. The standard InChI is InChI=1S/C14H22N2O2/c1-8(2)6-7-15-14(18)13-9(3)12(11(5)17)10(4)16-13/h8,16H,6-7H2,1-5H3,(H,15,18). The SMILES string of the molecule is CC(=O)c1c(C)[nH]c(C(=O)NCCC(C)C)c1C. The minimum Gasteiger partial charge on any atom is -0.354 e. The van der Waals surface area contributed by atoms with Gasteiger partial charge in [0, 0.05) is 17.8 Å². The number of H-pyrrole nitrogens is 1. The van der Waals surface area contributed by atoms with Crippen LogP contribution in [0.5, 0.6) is 0 Å². The van der Waals surface area contributed by atoms with Crippen LogP contribution in [-0.4, -0.2) is 23.2 Å². The molecule has 4 nitrogen and oxygen atoms in total. The summed E-state index contributed by atoms with van der Waals surface area (Å²) in [5.41, 5.74) is 2.63. The lowest BCUT2D eigenvalue weighted by Crippen LogP contribution is -2.26. The molecule has 1 amide bonds. The predicted octanol–water partition coefficient (Wildman–Crippen LogP) is 2.61. The molecule has 0 unspecified atom stereocenters. The van der Waals surface area contributed by atoms with Gasteiger partial charge in [0.1, 0.15) is 5.69 Å². The van der Waals surface area contributed by atoms with Crippen LogP contribution >= 0.6 is 0 Å². The molecular formula is C14H22N2O2. The first-order valence-electron chi connectivity index (χ1n) is 6.32. The molecule has 0 aromatic carbocycles. The number of carbonyl (C=O) groups is 2. The van der Waals surface area contributed by atoms with Crippen LogP contribution in [0.15, 0.2) is 0 Å². The fourth-order valence-corrected chi connectivity index (χ4v) is 2.07. The summed E-state index contributed by atoms with van der Waals surface area (Å²) in [6.07, 6.45) is 0.948. The Morgan fingerprint density at radius 3 is 2.33 bits per heavy atom. The average Bonchev–Trinajstić information content (AvgIpc) is 2.53. The Bertz CT molecular complexity index is 459. The summed E-state index contributed by atoms with van der Waals surface area (Å²) < 4.78 is 0. The van der Waals surface area contributed by atoms with Crippen molar-refractivity contribution in [3.63, 3.8) is 0 Å². The van der Waals surface area contributed by atoms with E-state index in [0.29, 0.717) is 23.7 Å². The van der Waals surface area contributed by atoms with E-state index in [0.717, 1.165) is 17.7 Å². The molecule has 0 fully saturated rings. The Hall–Kier alpha value is -1.58. The largest absolute Gasteiger partial charge is 0.354 e. The van der Waals surface area contributed by atoms with E-state index in [9.17, 15) is 9.59 Å². The molecule has 1 aromatic rings. The Balaban J connectivity index is 2.81. The van der Waals surface area contributed by atoms with Gasteiger partial charge in [-0.2, -0.15) is 0 Å². The van der Waals surface area contributed by atoms with Gasteiger partial charge in [0.25, 0.3) is 5.91 Å². The van der Waals surface area contributed by atoms with Crippen LogP contribution in [0, 0.1) is 19.8 Å². The third-order valence-corrected chi connectivity index (χ3v) is 3.02. The van der Waals surface area contributed by atoms with Gasteiger partial charge in [-0.3, -0.25) is 9.59 Å². The highest BCUT2D eigenvalue weighted by Crippen LogP contribution is 2.18. The van der Waals surface area contributed by atoms with Crippen LogP contribution in [0.25, 0.3) is 0 Å². The maximum absolute atomic E-state index is 12.0. The summed E-state index contributed by atoms with van der Waals surface area (Å²) in [7, 11) is 0. The molecule has 1 heterocycles. The number of aromatic amines is 1. The number of Topliss-reactive ketones (excluding diaryl/α,β-unsaturated/α-hetero) is 1. The second-order valence-corrected chi connectivity index (χ2v) is 5.12. The number of hydrogen-bond donors (Lipinski definition) is 2. The first kappa shape index (κ1) is 14.5. The third-order valence-electron chi connectivity index (χ3n) is 3.02. The molecule has 0 radical (unpaired) electrons. The number of rotatable bonds is 5. The van der Waals surface area contributed by atoms with Crippen LogP contribution in [0.2, 0.25) is 0 Å². The second kappa shape index (κ2) is 5.85. The summed E-state index contributed by atoms with van der Waals surface area (Å²) in [5.74, 6) is 0.413. The van der Waals surface area contributed by atoms with Gasteiger partial charge < -0.3 is 10.3 Å². The maximum atomic E-state index is 12.0. The summed E-state index contributed by atoms with van der Waals surface area (Å²) in [5, 5.41) is 2.87. The number of amides is 1. The lowest BCUT2D eigenvalue weighted by atomic mass is 10.1. The molecule has 0 aliphatic heterocycles. The van der Waals surface area contributed by atoms with Gasteiger partial charge in [-0.15, -0.1) is 0 Å². The Morgan fingerprint density at radius 2 is 1.89 bits per heavy atom. The van der Waals surface area contributed by atoms with E-state index in [2.05, 4.69) is 24.1 Å². The third kappa shape index (κ3) is 3.22. The molecule has 0 spiro atoms. The summed E-state index contributed by atoms with van der Waals surface area (Å²) in [6, 6.07) is 0. The van der Waals surface area contributed by atoms with Crippen molar-refractivity contribution in [1.82, 2.24) is 10.3 Å². The average molecular weight is 250 g/mol. The molecule has 100 valence electrons. The highest BCUT2D eigenvalue weighted by Gasteiger charge is 2.19. The Labute approximate surface area is 108 Å². The smallest absolute Gasteiger partial charge is 0.268 e. The molecule has 0 saturated heterocycles. The lowest BCUT2D eigenvalue weighted by Gasteiger charge is -2.06. The zero-order chi connectivity index (χ0) is 13.9. The van der Waals surface area contributed by atoms with Crippen molar-refractivity contribution < 1.29 is 9.59 Å². The molecule has 4 heteroatoms. The Kier molecular flexibility index (Phi) is 4.70. The van der Waals surface area contributed by atoms with E-state index < -0.39 is 0 Å². The molecular weight excluding hydrogens is 228 g/mol. The van der Waals surface area contributed by atoms with Crippen molar-refractivity contribution in [2.45, 2.75) is 41.0 Å². The van der Waals surface area contributed by atoms with E-state index in [-0.39, 0.29) is 11.7 Å². The molecule has 18 heavy (non-hydrogen) atoms. The molecule has 0 bridgehead atoms. The van der Waals surface area contributed by atoms with Gasteiger partial charge >= 0.3 is 0 Å². The van der Waals surface area contributed by atoms with E-state index in [1.54, 1.807) is 6.92 Å². The van der Waals surface area contributed by atoms with E-state index in [1.165, 1.54) is 6.92 Å².